The molecule has 2 rings (SSSR count). The van der Waals surface area contributed by atoms with Gasteiger partial charge in [0.2, 0.25) is 0 Å². The van der Waals surface area contributed by atoms with Crippen molar-refractivity contribution in [3.05, 3.63) is 69.9 Å². The molecule has 1 unspecified atom stereocenters. The molecule has 21 heavy (non-hydrogen) atoms. The van der Waals surface area contributed by atoms with E-state index in [-0.39, 0.29) is 11.9 Å². The third kappa shape index (κ3) is 4.65. The second-order valence-corrected chi connectivity index (χ2v) is 5.97. The average Bonchev–Trinajstić information content (AvgIpc) is 2.52. The Morgan fingerprint density at radius 2 is 1.86 bits per heavy atom. The van der Waals surface area contributed by atoms with Crippen LogP contribution < -0.4 is 5.32 Å². The van der Waals surface area contributed by atoms with Crippen LogP contribution in [0.15, 0.2) is 53.0 Å². The van der Waals surface area contributed by atoms with E-state index in [2.05, 4.69) is 52.4 Å². The maximum atomic E-state index is 13.8. The predicted octanol–water partition coefficient (Wildman–Crippen LogP) is 5.26. The molecule has 0 heterocycles. The van der Waals surface area contributed by atoms with Gasteiger partial charge < -0.3 is 5.32 Å². The van der Waals surface area contributed by atoms with Gasteiger partial charge in [0.1, 0.15) is 5.82 Å². The zero-order valence-electron chi connectivity index (χ0n) is 12.3. The fourth-order valence-electron chi connectivity index (χ4n) is 2.43. The van der Waals surface area contributed by atoms with E-state index in [9.17, 15) is 4.39 Å². The Bertz CT molecular complexity index is 556. The summed E-state index contributed by atoms with van der Waals surface area (Å²) >= 11 is 3.38. The zero-order chi connectivity index (χ0) is 15.1. The fraction of sp³-hybridized carbons (Fsp3) is 0.333. The van der Waals surface area contributed by atoms with Gasteiger partial charge in [-0.15, -0.1) is 0 Å². The van der Waals surface area contributed by atoms with Crippen molar-refractivity contribution in [2.45, 2.75) is 32.2 Å². The summed E-state index contributed by atoms with van der Waals surface area (Å²) < 4.78 is 14.3. The minimum atomic E-state index is -0.199. The lowest BCUT2D eigenvalue weighted by atomic mass is 9.98. The van der Waals surface area contributed by atoms with Gasteiger partial charge in [0, 0.05) is 6.04 Å². The third-order valence-corrected chi connectivity index (χ3v) is 4.40. The highest BCUT2D eigenvalue weighted by atomic mass is 79.9. The van der Waals surface area contributed by atoms with Crippen LogP contribution in [0.3, 0.4) is 0 Å². The molecule has 2 aromatic carbocycles. The van der Waals surface area contributed by atoms with Gasteiger partial charge in [0.05, 0.1) is 4.47 Å². The van der Waals surface area contributed by atoms with Crippen molar-refractivity contribution in [3.63, 3.8) is 0 Å². The number of hydrogen-bond acceptors (Lipinski definition) is 1. The second-order valence-electron chi connectivity index (χ2n) is 5.17. The van der Waals surface area contributed by atoms with E-state index < -0.39 is 0 Å². The standard InChI is InChI=1S/C18H21BrFN/c1-2-13-21-17(12-11-14-7-4-3-5-8-14)15-9-6-10-16(20)18(15)19/h3-10,17,21H,2,11-13H2,1H3. The van der Waals surface area contributed by atoms with Gasteiger partial charge in [-0.25, -0.2) is 4.39 Å². The normalized spacial score (nSPS) is 12.3. The molecule has 0 amide bonds. The number of aryl methyl sites for hydroxylation is 1. The summed E-state index contributed by atoms with van der Waals surface area (Å²) in [6.45, 7) is 3.07. The van der Waals surface area contributed by atoms with Crippen LogP contribution in [0, 0.1) is 5.82 Å². The topological polar surface area (TPSA) is 12.0 Å². The van der Waals surface area contributed by atoms with Gasteiger partial charge in [-0.05, 0) is 58.9 Å². The smallest absolute Gasteiger partial charge is 0.137 e. The lowest BCUT2D eigenvalue weighted by Crippen LogP contribution is -2.23. The summed E-state index contributed by atoms with van der Waals surface area (Å²) in [6.07, 6.45) is 2.99. The Labute approximate surface area is 134 Å². The first-order chi connectivity index (χ1) is 10.2. The molecule has 2 aromatic rings. The molecule has 0 saturated carbocycles. The van der Waals surface area contributed by atoms with Crippen LogP contribution in [0.2, 0.25) is 0 Å². The highest BCUT2D eigenvalue weighted by molar-refractivity contribution is 9.10. The lowest BCUT2D eigenvalue weighted by molar-refractivity contribution is 0.493. The third-order valence-electron chi connectivity index (χ3n) is 3.56. The first-order valence-electron chi connectivity index (χ1n) is 7.43. The fourth-order valence-corrected chi connectivity index (χ4v) is 2.97. The van der Waals surface area contributed by atoms with Gasteiger partial charge in [0.15, 0.2) is 0 Å². The number of benzene rings is 2. The first kappa shape index (κ1) is 16.2. The molecule has 0 aliphatic rings. The molecule has 3 heteroatoms. The quantitative estimate of drug-likeness (QED) is 0.718. The van der Waals surface area contributed by atoms with Crippen molar-refractivity contribution in [1.29, 1.82) is 0 Å². The Morgan fingerprint density at radius 3 is 2.57 bits per heavy atom. The van der Waals surface area contributed by atoms with Crippen molar-refractivity contribution in [2.24, 2.45) is 0 Å². The summed E-state index contributed by atoms with van der Waals surface area (Å²) in [5, 5.41) is 3.53. The largest absolute Gasteiger partial charge is 0.310 e. The first-order valence-corrected chi connectivity index (χ1v) is 8.23. The van der Waals surface area contributed by atoms with Crippen LogP contribution in [0.25, 0.3) is 0 Å². The van der Waals surface area contributed by atoms with E-state index in [4.69, 9.17) is 0 Å². The van der Waals surface area contributed by atoms with Crippen LogP contribution in [-0.2, 0) is 6.42 Å². The molecule has 1 nitrogen and oxygen atoms in total. The Balaban J connectivity index is 2.12. The summed E-state index contributed by atoms with van der Waals surface area (Å²) in [4.78, 5) is 0. The summed E-state index contributed by atoms with van der Waals surface area (Å²) in [6, 6.07) is 15.8. The Kier molecular flexibility index (Phi) is 6.40. The highest BCUT2D eigenvalue weighted by Gasteiger charge is 2.16. The SMILES string of the molecule is CCCNC(CCc1ccccc1)c1cccc(F)c1Br. The minimum absolute atomic E-state index is 0.162. The van der Waals surface area contributed by atoms with Crippen molar-refractivity contribution < 1.29 is 4.39 Å². The molecule has 0 bridgehead atoms. The van der Waals surface area contributed by atoms with Gasteiger partial charge in [-0.1, -0.05) is 49.4 Å². The monoisotopic (exact) mass is 349 g/mol. The molecule has 0 aliphatic carbocycles. The highest BCUT2D eigenvalue weighted by Crippen LogP contribution is 2.29. The average molecular weight is 350 g/mol. The number of hydrogen-bond donors (Lipinski definition) is 1. The van der Waals surface area contributed by atoms with Crippen LogP contribution in [0.5, 0.6) is 0 Å². The van der Waals surface area contributed by atoms with Crippen molar-refractivity contribution in [3.8, 4) is 0 Å². The molecule has 1 N–H and O–H groups in total. The molecule has 0 spiro atoms. The lowest BCUT2D eigenvalue weighted by Gasteiger charge is -2.20. The molecule has 0 aromatic heterocycles. The van der Waals surface area contributed by atoms with Gasteiger partial charge in [0.25, 0.3) is 0 Å². The van der Waals surface area contributed by atoms with E-state index in [0.717, 1.165) is 31.4 Å². The van der Waals surface area contributed by atoms with Crippen molar-refractivity contribution >= 4 is 15.9 Å². The van der Waals surface area contributed by atoms with Gasteiger partial charge in [-0.2, -0.15) is 0 Å². The molecule has 0 radical (unpaired) electrons. The van der Waals surface area contributed by atoms with E-state index in [1.54, 1.807) is 6.07 Å². The molecule has 0 saturated heterocycles. The second kappa shape index (κ2) is 8.30. The molecule has 112 valence electrons. The minimum Gasteiger partial charge on any atom is -0.310 e. The number of rotatable bonds is 7. The molecular weight excluding hydrogens is 329 g/mol. The maximum Gasteiger partial charge on any atom is 0.137 e. The van der Waals surface area contributed by atoms with Crippen molar-refractivity contribution in [2.75, 3.05) is 6.54 Å². The molecule has 1 atom stereocenters. The van der Waals surface area contributed by atoms with E-state index in [0.29, 0.717) is 4.47 Å². The summed E-state index contributed by atoms with van der Waals surface area (Å²) in [5.41, 5.74) is 2.31. The predicted molar refractivity (Wildman–Crippen MR) is 89.9 cm³/mol. The number of halogens is 2. The van der Waals surface area contributed by atoms with Crippen LogP contribution in [0.1, 0.15) is 36.9 Å². The Morgan fingerprint density at radius 1 is 1.10 bits per heavy atom. The molecule has 0 aliphatic heterocycles. The van der Waals surface area contributed by atoms with E-state index >= 15 is 0 Å². The van der Waals surface area contributed by atoms with Crippen molar-refractivity contribution in [1.82, 2.24) is 5.32 Å². The maximum absolute atomic E-state index is 13.8. The van der Waals surface area contributed by atoms with Crippen LogP contribution in [-0.4, -0.2) is 6.54 Å². The molecular formula is C18H21BrFN. The summed E-state index contributed by atoms with van der Waals surface area (Å²) in [7, 11) is 0. The number of nitrogens with one attached hydrogen (secondary N) is 1. The van der Waals surface area contributed by atoms with E-state index in [1.165, 1.54) is 11.6 Å². The van der Waals surface area contributed by atoms with Gasteiger partial charge >= 0.3 is 0 Å². The summed E-state index contributed by atoms with van der Waals surface area (Å²) in [5.74, 6) is -0.199. The molecule has 0 fully saturated rings. The van der Waals surface area contributed by atoms with Crippen LogP contribution in [0.4, 0.5) is 4.39 Å². The van der Waals surface area contributed by atoms with Crippen LogP contribution >= 0.6 is 15.9 Å². The van der Waals surface area contributed by atoms with E-state index in [1.807, 2.05) is 12.1 Å². The Hall–Kier alpha value is -1.19. The zero-order valence-corrected chi connectivity index (χ0v) is 13.9. The van der Waals surface area contributed by atoms with Gasteiger partial charge in [-0.3, -0.25) is 0 Å².